The van der Waals surface area contributed by atoms with Crippen molar-refractivity contribution in [3.05, 3.63) is 0 Å². The van der Waals surface area contributed by atoms with Crippen molar-refractivity contribution in [3.63, 3.8) is 0 Å². The second kappa shape index (κ2) is 4.39. The summed E-state index contributed by atoms with van der Waals surface area (Å²) in [4.78, 5) is 21.7. The third kappa shape index (κ3) is 2.51. The molecule has 0 aromatic rings. The number of carboxylic acid groups (broad SMARTS) is 1. The van der Waals surface area contributed by atoms with Gasteiger partial charge in [-0.3, -0.25) is 9.59 Å². The molecule has 0 radical (unpaired) electrons. The monoisotopic (exact) mass is 227 g/mol. The van der Waals surface area contributed by atoms with Gasteiger partial charge in [-0.05, 0) is 6.42 Å². The van der Waals surface area contributed by atoms with Gasteiger partial charge in [0.25, 0.3) is 0 Å². The van der Waals surface area contributed by atoms with Crippen molar-refractivity contribution in [2.75, 3.05) is 19.6 Å². The number of nitrogens with one attached hydrogen (secondary N) is 3. The summed E-state index contributed by atoms with van der Waals surface area (Å²) < 4.78 is 0. The molecule has 0 aliphatic carbocycles. The molecular formula is C10H17N3O3. The van der Waals surface area contributed by atoms with Crippen molar-refractivity contribution in [2.24, 2.45) is 0 Å². The second-order valence-electron chi connectivity index (χ2n) is 4.64. The van der Waals surface area contributed by atoms with E-state index in [1.807, 2.05) is 0 Å². The van der Waals surface area contributed by atoms with Crippen LogP contribution in [0.15, 0.2) is 0 Å². The third-order valence-electron chi connectivity index (χ3n) is 3.22. The minimum atomic E-state index is -0.788. The Balaban J connectivity index is 1.79. The van der Waals surface area contributed by atoms with Crippen LogP contribution in [0.2, 0.25) is 0 Å². The van der Waals surface area contributed by atoms with Crippen molar-refractivity contribution in [1.82, 2.24) is 16.0 Å². The van der Waals surface area contributed by atoms with Crippen LogP contribution in [0.4, 0.5) is 0 Å². The fourth-order valence-electron chi connectivity index (χ4n) is 2.20. The van der Waals surface area contributed by atoms with Gasteiger partial charge in [0.05, 0.1) is 12.0 Å². The molecule has 0 spiro atoms. The molecule has 2 rings (SSSR count). The maximum atomic E-state index is 11.0. The Labute approximate surface area is 93.8 Å². The maximum absolute atomic E-state index is 11.0. The van der Waals surface area contributed by atoms with E-state index < -0.39 is 5.97 Å². The topological polar surface area (TPSA) is 90.5 Å². The molecule has 1 atom stereocenters. The predicted molar refractivity (Wildman–Crippen MR) is 57.0 cm³/mol. The molecule has 90 valence electrons. The standard InChI is InChI=1S/C10H17N3O3/c14-8-2-1-7(13-8)4-12-10(3-9(15)16)5-11-6-10/h7,11-12H,1-6H2,(H,13,14)(H,15,16). The van der Waals surface area contributed by atoms with Crippen molar-refractivity contribution in [2.45, 2.75) is 30.8 Å². The highest BCUT2D eigenvalue weighted by atomic mass is 16.4. The summed E-state index contributed by atoms with van der Waals surface area (Å²) in [5.74, 6) is -0.699. The molecular weight excluding hydrogens is 210 g/mol. The summed E-state index contributed by atoms with van der Waals surface area (Å²) in [7, 11) is 0. The van der Waals surface area contributed by atoms with E-state index in [2.05, 4.69) is 16.0 Å². The Morgan fingerprint density at radius 3 is 2.75 bits per heavy atom. The smallest absolute Gasteiger partial charge is 0.305 e. The molecule has 2 aliphatic rings. The second-order valence-corrected chi connectivity index (χ2v) is 4.64. The quantitative estimate of drug-likeness (QED) is 0.467. The first-order valence-electron chi connectivity index (χ1n) is 5.57. The summed E-state index contributed by atoms with van der Waals surface area (Å²) in [5.41, 5.74) is -0.320. The highest BCUT2D eigenvalue weighted by molar-refractivity contribution is 5.78. The Hall–Kier alpha value is -1.14. The van der Waals surface area contributed by atoms with Crippen LogP contribution in [0.25, 0.3) is 0 Å². The largest absolute Gasteiger partial charge is 0.481 e. The molecule has 0 saturated carbocycles. The summed E-state index contributed by atoms with van der Waals surface area (Å²) >= 11 is 0. The number of aliphatic carboxylic acids is 1. The zero-order chi connectivity index (χ0) is 11.6. The van der Waals surface area contributed by atoms with E-state index in [4.69, 9.17) is 5.11 Å². The molecule has 0 aromatic carbocycles. The molecule has 0 aromatic heterocycles. The predicted octanol–water partition coefficient (Wildman–Crippen LogP) is -1.33. The van der Waals surface area contributed by atoms with E-state index in [-0.39, 0.29) is 23.9 Å². The van der Waals surface area contributed by atoms with Gasteiger partial charge in [-0.2, -0.15) is 0 Å². The summed E-state index contributed by atoms with van der Waals surface area (Å²) in [6.07, 6.45) is 1.54. The van der Waals surface area contributed by atoms with E-state index in [1.165, 1.54) is 0 Å². The number of rotatable bonds is 5. The van der Waals surface area contributed by atoms with Gasteiger partial charge in [0.15, 0.2) is 0 Å². The van der Waals surface area contributed by atoms with Gasteiger partial charge < -0.3 is 21.1 Å². The SMILES string of the molecule is O=C(O)CC1(NCC2CCC(=O)N2)CNC1. The van der Waals surface area contributed by atoms with Crippen LogP contribution < -0.4 is 16.0 Å². The van der Waals surface area contributed by atoms with E-state index in [0.717, 1.165) is 6.42 Å². The van der Waals surface area contributed by atoms with E-state index in [9.17, 15) is 9.59 Å². The minimum Gasteiger partial charge on any atom is -0.481 e. The van der Waals surface area contributed by atoms with E-state index in [0.29, 0.717) is 26.1 Å². The van der Waals surface area contributed by atoms with Crippen molar-refractivity contribution in [3.8, 4) is 0 Å². The van der Waals surface area contributed by atoms with Crippen LogP contribution in [-0.2, 0) is 9.59 Å². The fourth-order valence-corrected chi connectivity index (χ4v) is 2.20. The number of hydrogen-bond acceptors (Lipinski definition) is 4. The molecule has 16 heavy (non-hydrogen) atoms. The van der Waals surface area contributed by atoms with Gasteiger partial charge in [-0.25, -0.2) is 0 Å². The summed E-state index contributed by atoms with van der Waals surface area (Å²) in [6, 6.07) is 0.152. The van der Waals surface area contributed by atoms with Gasteiger partial charge >= 0.3 is 5.97 Å². The van der Waals surface area contributed by atoms with Crippen LogP contribution in [0, 0.1) is 0 Å². The average Bonchev–Trinajstić information content (AvgIpc) is 2.55. The molecule has 2 fully saturated rings. The van der Waals surface area contributed by atoms with Gasteiger partial charge in [-0.1, -0.05) is 0 Å². The zero-order valence-corrected chi connectivity index (χ0v) is 9.08. The lowest BCUT2D eigenvalue weighted by atomic mass is 9.88. The van der Waals surface area contributed by atoms with Crippen molar-refractivity contribution >= 4 is 11.9 Å². The number of amides is 1. The molecule has 6 nitrogen and oxygen atoms in total. The van der Waals surface area contributed by atoms with E-state index >= 15 is 0 Å². The average molecular weight is 227 g/mol. The fraction of sp³-hybridized carbons (Fsp3) is 0.800. The van der Waals surface area contributed by atoms with Crippen LogP contribution >= 0.6 is 0 Å². The van der Waals surface area contributed by atoms with Gasteiger partial charge in [-0.15, -0.1) is 0 Å². The van der Waals surface area contributed by atoms with Gasteiger partial charge in [0, 0.05) is 32.1 Å². The lowest BCUT2D eigenvalue weighted by molar-refractivity contribution is -0.139. The van der Waals surface area contributed by atoms with Gasteiger partial charge in [0.1, 0.15) is 0 Å². The number of carbonyl (C=O) groups excluding carboxylic acids is 1. The maximum Gasteiger partial charge on any atom is 0.305 e. The van der Waals surface area contributed by atoms with Gasteiger partial charge in [0.2, 0.25) is 5.91 Å². The van der Waals surface area contributed by atoms with Crippen molar-refractivity contribution in [1.29, 1.82) is 0 Å². The molecule has 2 aliphatic heterocycles. The zero-order valence-electron chi connectivity index (χ0n) is 9.08. The van der Waals surface area contributed by atoms with Crippen LogP contribution in [0.1, 0.15) is 19.3 Å². The molecule has 1 amide bonds. The number of carbonyl (C=O) groups is 2. The highest BCUT2D eigenvalue weighted by Crippen LogP contribution is 2.16. The van der Waals surface area contributed by atoms with E-state index in [1.54, 1.807) is 0 Å². The molecule has 4 N–H and O–H groups in total. The Morgan fingerprint density at radius 2 is 2.31 bits per heavy atom. The molecule has 0 bridgehead atoms. The minimum absolute atomic E-state index is 0.0887. The molecule has 6 heteroatoms. The van der Waals surface area contributed by atoms with Crippen molar-refractivity contribution < 1.29 is 14.7 Å². The molecule has 2 saturated heterocycles. The first-order valence-corrected chi connectivity index (χ1v) is 5.57. The summed E-state index contributed by atoms with van der Waals surface area (Å²) in [5, 5.41) is 18.0. The first kappa shape index (κ1) is 11.3. The highest BCUT2D eigenvalue weighted by Gasteiger charge is 2.39. The Bertz CT molecular complexity index is 302. The Kier molecular flexibility index (Phi) is 3.11. The third-order valence-corrected chi connectivity index (χ3v) is 3.22. The first-order chi connectivity index (χ1) is 7.60. The lowest BCUT2D eigenvalue weighted by Gasteiger charge is -2.43. The van der Waals surface area contributed by atoms with Crippen LogP contribution in [0.3, 0.4) is 0 Å². The molecule has 2 heterocycles. The Morgan fingerprint density at radius 1 is 1.56 bits per heavy atom. The lowest BCUT2D eigenvalue weighted by Crippen LogP contribution is -2.69. The van der Waals surface area contributed by atoms with Crippen LogP contribution in [-0.4, -0.2) is 48.2 Å². The normalized spacial score (nSPS) is 27.2. The summed E-state index contributed by atoms with van der Waals surface area (Å²) in [6.45, 7) is 2.01. The molecule has 1 unspecified atom stereocenters. The number of hydrogen-bond donors (Lipinski definition) is 4. The van der Waals surface area contributed by atoms with Crippen LogP contribution in [0.5, 0.6) is 0 Å². The number of carboxylic acids is 1.